The van der Waals surface area contributed by atoms with Crippen LogP contribution >= 0.6 is 11.6 Å². The number of nitrogens with one attached hydrogen (secondary N) is 1. The molecule has 2 aromatic carbocycles. The maximum absolute atomic E-state index is 13.7. The van der Waals surface area contributed by atoms with E-state index in [4.69, 9.17) is 11.6 Å². The second-order valence-corrected chi connectivity index (χ2v) is 11.8. The van der Waals surface area contributed by atoms with Gasteiger partial charge in [0.15, 0.2) is 0 Å². The van der Waals surface area contributed by atoms with Gasteiger partial charge >= 0.3 is 0 Å². The SMILES string of the molecule is CC[C@@H](C(=O)NC(C)(C)C)N(Cc1ccccc1C)C(=O)CN(c1ccc(F)c(Cl)c1)S(C)(=O)=O. The number of hydrogen-bond donors (Lipinski definition) is 1. The summed E-state index contributed by atoms with van der Waals surface area (Å²) in [5, 5.41) is 2.64. The minimum Gasteiger partial charge on any atom is -0.350 e. The van der Waals surface area contributed by atoms with Crippen molar-refractivity contribution in [3.05, 3.63) is 64.4 Å². The van der Waals surface area contributed by atoms with Gasteiger partial charge in [0.2, 0.25) is 21.8 Å². The summed E-state index contributed by atoms with van der Waals surface area (Å²) < 4.78 is 39.7. The van der Waals surface area contributed by atoms with Crippen LogP contribution in [0.25, 0.3) is 0 Å². The highest BCUT2D eigenvalue weighted by molar-refractivity contribution is 7.92. The Morgan fingerprint density at radius 2 is 1.77 bits per heavy atom. The molecular weight excluding hydrogens is 493 g/mol. The second kappa shape index (κ2) is 11.4. The quantitative estimate of drug-likeness (QED) is 0.529. The Hall–Kier alpha value is -2.65. The van der Waals surface area contributed by atoms with Crippen LogP contribution < -0.4 is 9.62 Å². The fraction of sp³-hybridized carbons (Fsp3) is 0.440. The van der Waals surface area contributed by atoms with Crippen molar-refractivity contribution in [2.75, 3.05) is 17.1 Å². The van der Waals surface area contributed by atoms with Gasteiger partial charge in [0.1, 0.15) is 18.4 Å². The Morgan fingerprint density at radius 1 is 1.14 bits per heavy atom. The lowest BCUT2D eigenvalue weighted by molar-refractivity contribution is -0.141. The van der Waals surface area contributed by atoms with Crippen molar-refractivity contribution in [2.45, 2.75) is 59.2 Å². The monoisotopic (exact) mass is 525 g/mol. The van der Waals surface area contributed by atoms with Crippen LogP contribution in [-0.2, 0) is 26.2 Å². The van der Waals surface area contributed by atoms with Gasteiger partial charge in [0.05, 0.1) is 17.0 Å². The zero-order valence-corrected chi connectivity index (χ0v) is 22.5. The molecule has 7 nitrogen and oxygen atoms in total. The lowest BCUT2D eigenvalue weighted by atomic mass is 10.0. The molecule has 0 heterocycles. The average molecular weight is 526 g/mol. The van der Waals surface area contributed by atoms with Crippen molar-refractivity contribution in [3.63, 3.8) is 0 Å². The summed E-state index contributed by atoms with van der Waals surface area (Å²) in [5.41, 5.74) is 1.29. The molecule has 1 atom stereocenters. The molecule has 0 saturated carbocycles. The van der Waals surface area contributed by atoms with Gasteiger partial charge in [0.25, 0.3) is 0 Å². The molecule has 0 aromatic heterocycles. The molecule has 1 N–H and O–H groups in total. The molecule has 0 aliphatic rings. The number of rotatable bonds is 9. The zero-order valence-electron chi connectivity index (χ0n) is 20.9. The van der Waals surface area contributed by atoms with E-state index in [1.165, 1.54) is 11.0 Å². The molecule has 0 radical (unpaired) electrons. The summed E-state index contributed by atoms with van der Waals surface area (Å²) in [6.45, 7) is 8.75. The normalized spacial score (nSPS) is 12.7. The number of amides is 2. The number of sulfonamides is 1. The summed E-state index contributed by atoms with van der Waals surface area (Å²) in [6.07, 6.45) is 1.27. The van der Waals surface area contributed by atoms with Crippen LogP contribution in [-0.4, -0.2) is 49.5 Å². The molecule has 0 spiro atoms. The molecule has 0 unspecified atom stereocenters. The Labute approximate surface area is 212 Å². The van der Waals surface area contributed by atoms with Gasteiger partial charge in [-0.05, 0) is 63.4 Å². The first-order valence-corrected chi connectivity index (χ1v) is 13.5. The number of halogens is 2. The highest BCUT2D eigenvalue weighted by atomic mass is 35.5. The smallest absolute Gasteiger partial charge is 0.244 e. The van der Waals surface area contributed by atoms with E-state index in [2.05, 4.69) is 5.32 Å². The summed E-state index contributed by atoms with van der Waals surface area (Å²) in [4.78, 5) is 28.2. The van der Waals surface area contributed by atoms with E-state index in [0.717, 1.165) is 33.8 Å². The molecule has 0 saturated heterocycles. The first-order valence-electron chi connectivity index (χ1n) is 11.2. The Morgan fingerprint density at radius 3 is 2.29 bits per heavy atom. The Bertz CT molecular complexity index is 1180. The van der Waals surface area contributed by atoms with E-state index in [1.807, 2.05) is 52.0 Å². The van der Waals surface area contributed by atoms with Crippen LogP contribution in [0.1, 0.15) is 45.2 Å². The van der Waals surface area contributed by atoms with E-state index in [-0.39, 0.29) is 23.2 Å². The number of benzene rings is 2. The van der Waals surface area contributed by atoms with Gasteiger partial charge in [-0.2, -0.15) is 0 Å². The lowest BCUT2D eigenvalue weighted by Crippen LogP contribution is -2.55. The maximum atomic E-state index is 13.7. The first-order chi connectivity index (χ1) is 16.1. The summed E-state index contributed by atoms with van der Waals surface area (Å²) in [7, 11) is -3.93. The number of nitrogens with zero attached hydrogens (tertiary/aromatic N) is 2. The van der Waals surface area contributed by atoms with Crippen molar-refractivity contribution in [2.24, 2.45) is 0 Å². The molecule has 2 aromatic rings. The molecule has 0 aliphatic heterocycles. The summed E-state index contributed by atoms with van der Waals surface area (Å²) in [6, 6.07) is 10.1. The molecule has 192 valence electrons. The van der Waals surface area contributed by atoms with Gasteiger partial charge in [0, 0.05) is 12.1 Å². The maximum Gasteiger partial charge on any atom is 0.244 e. The molecule has 0 bridgehead atoms. The fourth-order valence-corrected chi connectivity index (χ4v) is 4.61. The van der Waals surface area contributed by atoms with Crippen LogP contribution in [0.3, 0.4) is 0 Å². The summed E-state index contributed by atoms with van der Waals surface area (Å²) >= 11 is 5.86. The van der Waals surface area contributed by atoms with Crippen LogP contribution in [0, 0.1) is 12.7 Å². The number of aryl methyl sites for hydroxylation is 1. The van der Waals surface area contributed by atoms with Gasteiger partial charge in [-0.25, -0.2) is 12.8 Å². The van der Waals surface area contributed by atoms with E-state index >= 15 is 0 Å². The third-order valence-corrected chi connectivity index (χ3v) is 6.79. The van der Waals surface area contributed by atoms with Crippen LogP contribution in [0.2, 0.25) is 5.02 Å². The lowest BCUT2D eigenvalue weighted by Gasteiger charge is -2.34. The largest absolute Gasteiger partial charge is 0.350 e. The molecule has 2 amide bonds. The van der Waals surface area contributed by atoms with Crippen molar-refractivity contribution >= 4 is 39.1 Å². The number of hydrogen-bond acceptors (Lipinski definition) is 4. The molecule has 0 fully saturated rings. The van der Waals surface area contributed by atoms with Crippen molar-refractivity contribution in [3.8, 4) is 0 Å². The molecular formula is C25H33ClFN3O4S. The van der Waals surface area contributed by atoms with Gasteiger partial charge < -0.3 is 10.2 Å². The number of carbonyl (C=O) groups is 2. The fourth-order valence-electron chi connectivity index (χ4n) is 3.60. The van der Waals surface area contributed by atoms with Crippen LogP contribution in [0.15, 0.2) is 42.5 Å². The first kappa shape index (κ1) is 28.6. The zero-order chi connectivity index (χ0) is 26.6. The third kappa shape index (κ3) is 7.93. The molecule has 10 heteroatoms. The van der Waals surface area contributed by atoms with Crippen LogP contribution in [0.4, 0.5) is 10.1 Å². The Balaban J connectivity index is 2.49. The minimum absolute atomic E-state index is 0.0512. The standard InChI is InChI=1S/C25H33ClFN3O4S/c1-7-22(24(32)28-25(3,4)5)29(15-18-11-9-8-10-17(18)2)23(31)16-30(35(6,33)34)19-12-13-21(27)20(26)14-19/h8-14,22H,7,15-16H2,1-6H3,(H,28,32)/t22-/m0/s1. The predicted octanol–water partition coefficient (Wildman–Crippen LogP) is 4.28. The number of anilines is 1. The highest BCUT2D eigenvalue weighted by Crippen LogP contribution is 2.25. The second-order valence-electron chi connectivity index (χ2n) is 9.48. The predicted molar refractivity (Wildman–Crippen MR) is 137 cm³/mol. The van der Waals surface area contributed by atoms with Gasteiger partial charge in [-0.15, -0.1) is 0 Å². The molecule has 35 heavy (non-hydrogen) atoms. The average Bonchev–Trinajstić information content (AvgIpc) is 2.73. The topological polar surface area (TPSA) is 86.8 Å². The summed E-state index contributed by atoms with van der Waals surface area (Å²) in [5.74, 6) is -1.62. The van der Waals surface area contributed by atoms with Crippen LogP contribution in [0.5, 0.6) is 0 Å². The highest BCUT2D eigenvalue weighted by Gasteiger charge is 2.33. The van der Waals surface area contributed by atoms with E-state index in [0.29, 0.717) is 6.42 Å². The van der Waals surface area contributed by atoms with Crippen molar-refractivity contribution in [1.29, 1.82) is 0 Å². The third-order valence-electron chi connectivity index (χ3n) is 5.36. The number of carbonyl (C=O) groups excluding carboxylic acids is 2. The van der Waals surface area contributed by atoms with Gasteiger partial charge in [-0.3, -0.25) is 13.9 Å². The Kier molecular flexibility index (Phi) is 9.30. The van der Waals surface area contributed by atoms with Crippen molar-refractivity contribution < 1.29 is 22.4 Å². The minimum atomic E-state index is -3.93. The van der Waals surface area contributed by atoms with Crippen molar-refractivity contribution in [1.82, 2.24) is 10.2 Å². The van der Waals surface area contributed by atoms with E-state index in [9.17, 15) is 22.4 Å². The molecule has 0 aliphatic carbocycles. The van der Waals surface area contributed by atoms with E-state index in [1.54, 1.807) is 6.92 Å². The van der Waals surface area contributed by atoms with Gasteiger partial charge in [-0.1, -0.05) is 42.8 Å². The van der Waals surface area contributed by atoms with E-state index < -0.39 is 39.9 Å². The molecule has 2 rings (SSSR count).